The summed E-state index contributed by atoms with van der Waals surface area (Å²) in [4.78, 5) is 18.3. The smallest absolute Gasteiger partial charge is 0.317 e. The molecule has 2 aromatic rings. The van der Waals surface area contributed by atoms with Crippen LogP contribution < -0.4 is 0 Å². The van der Waals surface area contributed by atoms with Crippen molar-refractivity contribution in [3.63, 3.8) is 0 Å². The molecule has 1 aliphatic rings. The third-order valence-corrected chi connectivity index (χ3v) is 5.27. The van der Waals surface area contributed by atoms with Crippen molar-refractivity contribution in [2.75, 3.05) is 7.11 Å². The normalized spacial score (nSPS) is 16.0. The van der Waals surface area contributed by atoms with Crippen LogP contribution in [0, 0.1) is 6.92 Å². The van der Waals surface area contributed by atoms with Crippen molar-refractivity contribution in [1.29, 1.82) is 0 Å². The van der Waals surface area contributed by atoms with Gasteiger partial charge in [0.15, 0.2) is 0 Å². The van der Waals surface area contributed by atoms with Crippen molar-refractivity contribution in [1.82, 2.24) is 4.98 Å². The minimum Gasteiger partial charge on any atom is -0.468 e. The molecule has 1 fully saturated rings. The summed E-state index contributed by atoms with van der Waals surface area (Å²) in [6, 6.07) is 2.11. The number of methoxy groups -OCH3 is 1. The first kappa shape index (κ1) is 13.5. The average Bonchev–Trinajstić information content (AvgIpc) is 2.99. The summed E-state index contributed by atoms with van der Waals surface area (Å²) in [5.74, 6) is -0.0990. The van der Waals surface area contributed by atoms with Crippen LogP contribution >= 0.6 is 22.7 Å². The number of thiophene rings is 1. The number of carbonyl (C=O) groups is 1. The number of carbonyl (C=O) groups excluding carboxylic acids is 1. The first-order valence-electron chi connectivity index (χ1n) is 6.11. The zero-order chi connectivity index (χ0) is 13.3. The highest BCUT2D eigenvalue weighted by atomic mass is 32.1. The van der Waals surface area contributed by atoms with Crippen LogP contribution in [-0.2, 0) is 14.9 Å². The van der Waals surface area contributed by atoms with Crippen LogP contribution in [0.2, 0.25) is 0 Å². The van der Waals surface area contributed by atoms with Gasteiger partial charge in [-0.25, -0.2) is 4.98 Å². The molecule has 3 nitrogen and oxygen atoms in total. The fourth-order valence-electron chi connectivity index (χ4n) is 1.95. The second-order valence-electron chi connectivity index (χ2n) is 4.09. The van der Waals surface area contributed by atoms with Gasteiger partial charge in [0.2, 0.25) is 0 Å². The van der Waals surface area contributed by atoms with Crippen LogP contribution in [0.5, 0.6) is 0 Å². The minimum absolute atomic E-state index is 0.0990. The zero-order valence-electron chi connectivity index (χ0n) is 11.1. The van der Waals surface area contributed by atoms with E-state index in [1.54, 1.807) is 22.7 Å². The van der Waals surface area contributed by atoms with Crippen molar-refractivity contribution in [3.05, 3.63) is 16.0 Å². The lowest BCUT2D eigenvalue weighted by Crippen LogP contribution is -2.20. The molecule has 0 unspecified atom stereocenters. The van der Waals surface area contributed by atoms with E-state index in [1.807, 2.05) is 20.8 Å². The molecule has 0 amide bonds. The number of nitrogens with zero attached hydrogens (tertiary/aromatic N) is 1. The Kier molecular flexibility index (Phi) is 3.73. The van der Waals surface area contributed by atoms with E-state index in [0.717, 1.165) is 27.6 Å². The number of esters is 1. The standard InChI is InChI=1S/C11H11NO2S2.C2H6/c1-6-12-9-7(15-6)5-8(16-9)11(3-4-11)10(13)14-2;1-2/h5H,3-4H2,1-2H3;1-2H3. The van der Waals surface area contributed by atoms with Crippen LogP contribution in [0.15, 0.2) is 6.07 Å². The van der Waals surface area contributed by atoms with E-state index in [-0.39, 0.29) is 11.4 Å². The molecule has 18 heavy (non-hydrogen) atoms. The number of aryl methyl sites for hydroxylation is 1. The number of aromatic nitrogens is 1. The second kappa shape index (κ2) is 4.97. The maximum atomic E-state index is 11.7. The van der Waals surface area contributed by atoms with Gasteiger partial charge >= 0.3 is 5.97 Å². The summed E-state index contributed by atoms with van der Waals surface area (Å²) >= 11 is 3.31. The summed E-state index contributed by atoms with van der Waals surface area (Å²) in [6.07, 6.45) is 1.82. The van der Waals surface area contributed by atoms with Gasteiger partial charge in [0, 0.05) is 4.88 Å². The van der Waals surface area contributed by atoms with Gasteiger partial charge in [-0.15, -0.1) is 22.7 Å². The molecule has 0 radical (unpaired) electrons. The number of hydrogen-bond donors (Lipinski definition) is 0. The third-order valence-electron chi connectivity index (χ3n) is 2.99. The molecule has 0 spiro atoms. The Labute approximate surface area is 115 Å². The highest BCUT2D eigenvalue weighted by molar-refractivity contribution is 7.27. The van der Waals surface area contributed by atoms with Crippen LogP contribution in [0.25, 0.3) is 9.53 Å². The van der Waals surface area contributed by atoms with Gasteiger partial charge in [0.1, 0.15) is 10.2 Å². The molecule has 0 atom stereocenters. The van der Waals surface area contributed by atoms with Crippen LogP contribution in [0.3, 0.4) is 0 Å². The van der Waals surface area contributed by atoms with Gasteiger partial charge < -0.3 is 4.74 Å². The van der Waals surface area contributed by atoms with Crippen molar-refractivity contribution in [2.24, 2.45) is 0 Å². The average molecular weight is 283 g/mol. The van der Waals surface area contributed by atoms with Gasteiger partial charge in [-0.05, 0) is 25.8 Å². The number of rotatable bonds is 2. The first-order chi connectivity index (χ1) is 8.65. The quantitative estimate of drug-likeness (QED) is 0.785. The molecule has 98 valence electrons. The molecule has 3 rings (SSSR count). The molecule has 2 aromatic heterocycles. The van der Waals surface area contributed by atoms with Crippen molar-refractivity contribution >= 4 is 38.2 Å². The van der Waals surface area contributed by atoms with Crippen molar-refractivity contribution in [3.8, 4) is 0 Å². The number of ether oxygens (including phenoxy) is 1. The lowest BCUT2D eigenvalue weighted by atomic mass is 10.1. The molecule has 0 aliphatic heterocycles. The van der Waals surface area contributed by atoms with E-state index in [4.69, 9.17) is 4.74 Å². The molecule has 0 saturated heterocycles. The maximum Gasteiger partial charge on any atom is 0.317 e. The SMILES string of the molecule is CC.COC(=O)C1(c2cc3sc(C)nc3s2)CC1. The van der Waals surface area contributed by atoms with E-state index in [1.165, 1.54) is 11.8 Å². The van der Waals surface area contributed by atoms with Crippen LogP contribution in [-0.4, -0.2) is 18.1 Å². The lowest BCUT2D eigenvalue weighted by molar-refractivity contribution is -0.143. The van der Waals surface area contributed by atoms with Crippen LogP contribution in [0.4, 0.5) is 0 Å². The molecule has 1 saturated carbocycles. The Hall–Kier alpha value is -0.940. The summed E-state index contributed by atoms with van der Waals surface area (Å²) in [5, 5.41) is 1.08. The van der Waals surface area contributed by atoms with Crippen LogP contribution in [0.1, 0.15) is 36.6 Å². The van der Waals surface area contributed by atoms with Crippen molar-refractivity contribution < 1.29 is 9.53 Å². The molecule has 0 N–H and O–H groups in total. The van der Waals surface area contributed by atoms with Gasteiger partial charge in [-0.2, -0.15) is 0 Å². The summed E-state index contributed by atoms with van der Waals surface area (Å²) in [6.45, 7) is 6.00. The maximum absolute atomic E-state index is 11.7. The predicted octanol–water partition coefficient (Wildman–Crippen LogP) is 3.90. The topological polar surface area (TPSA) is 39.2 Å². The number of fused-ring (bicyclic) bond motifs is 1. The van der Waals surface area contributed by atoms with E-state index in [0.29, 0.717) is 0 Å². The van der Waals surface area contributed by atoms with Crippen molar-refractivity contribution in [2.45, 2.75) is 39.0 Å². The highest BCUT2D eigenvalue weighted by Gasteiger charge is 2.53. The van der Waals surface area contributed by atoms with Gasteiger partial charge in [0.05, 0.1) is 16.8 Å². The van der Waals surface area contributed by atoms with E-state index >= 15 is 0 Å². The Bertz CT molecular complexity index is 535. The summed E-state index contributed by atoms with van der Waals surface area (Å²) in [5.41, 5.74) is -0.340. The second-order valence-corrected chi connectivity index (χ2v) is 6.35. The molecule has 5 heteroatoms. The third kappa shape index (κ3) is 2.06. The molecular formula is C13H17NO2S2. The Morgan fingerprint density at radius 3 is 2.56 bits per heavy atom. The Morgan fingerprint density at radius 2 is 2.06 bits per heavy atom. The van der Waals surface area contributed by atoms with Gasteiger partial charge in [-0.1, -0.05) is 13.8 Å². The highest BCUT2D eigenvalue weighted by Crippen LogP contribution is 2.52. The largest absolute Gasteiger partial charge is 0.468 e. The van der Waals surface area contributed by atoms with Gasteiger partial charge in [0.25, 0.3) is 0 Å². The van der Waals surface area contributed by atoms with Gasteiger partial charge in [-0.3, -0.25) is 4.79 Å². The van der Waals surface area contributed by atoms with E-state index in [2.05, 4.69) is 11.1 Å². The Morgan fingerprint density at radius 1 is 1.39 bits per heavy atom. The summed E-state index contributed by atoms with van der Waals surface area (Å²) < 4.78 is 6.07. The molecule has 1 aliphatic carbocycles. The fraction of sp³-hybridized carbons (Fsp3) is 0.538. The fourth-order valence-corrected chi connectivity index (χ4v) is 4.31. The van der Waals surface area contributed by atoms with E-state index < -0.39 is 0 Å². The predicted molar refractivity (Wildman–Crippen MR) is 76.5 cm³/mol. The monoisotopic (exact) mass is 283 g/mol. The molecule has 0 aromatic carbocycles. The molecule has 0 bridgehead atoms. The zero-order valence-corrected chi connectivity index (χ0v) is 12.7. The minimum atomic E-state index is -0.340. The Balaban J connectivity index is 0.000000574. The lowest BCUT2D eigenvalue weighted by Gasteiger charge is -2.09. The molecule has 2 heterocycles. The molecular weight excluding hydrogens is 266 g/mol. The number of hydrogen-bond acceptors (Lipinski definition) is 5. The summed E-state index contributed by atoms with van der Waals surface area (Å²) in [7, 11) is 1.46. The first-order valence-corrected chi connectivity index (χ1v) is 7.75. The number of thiazole rings is 1. The van der Waals surface area contributed by atoms with E-state index in [9.17, 15) is 4.79 Å².